The molecular formula is C10H9Cl2F. The Balaban J connectivity index is 2.98. The van der Waals surface area contributed by atoms with Crippen molar-refractivity contribution in [1.29, 1.82) is 0 Å². The van der Waals surface area contributed by atoms with Gasteiger partial charge in [-0.15, -0.1) is 11.6 Å². The molecule has 0 saturated heterocycles. The molecule has 0 aromatic heterocycles. The van der Waals surface area contributed by atoms with Crippen molar-refractivity contribution in [2.75, 3.05) is 5.88 Å². The maximum absolute atomic E-state index is 12.9. The fourth-order valence-corrected chi connectivity index (χ4v) is 1.12. The van der Waals surface area contributed by atoms with Gasteiger partial charge in [0, 0.05) is 5.88 Å². The van der Waals surface area contributed by atoms with Gasteiger partial charge in [-0.25, -0.2) is 4.39 Å². The predicted octanol–water partition coefficient (Wildman–Crippen LogP) is 4.12. The Morgan fingerprint density at radius 1 is 1.54 bits per heavy atom. The van der Waals surface area contributed by atoms with Gasteiger partial charge >= 0.3 is 0 Å². The van der Waals surface area contributed by atoms with Gasteiger partial charge in [0.05, 0.1) is 5.02 Å². The van der Waals surface area contributed by atoms with Gasteiger partial charge in [0.2, 0.25) is 0 Å². The van der Waals surface area contributed by atoms with E-state index < -0.39 is 5.82 Å². The Bertz CT molecular complexity index is 332. The first-order valence-corrected chi connectivity index (χ1v) is 4.73. The third-order valence-electron chi connectivity index (χ3n) is 1.57. The summed E-state index contributed by atoms with van der Waals surface area (Å²) in [6.45, 7) is 1.89. The van der Waals surface area contributed by atoms with Gasteiger partial charge in [-0.2, -0.15) is 0 Å². The molecule has 0 aliphatic rings. The summed E-state index contributed by atoms with van der Waals surface area (Å²) in [7, 11) is 0. The van der Waals surface area contributed by atoms with E-state index in [-0.39, 0.29) is 5.02 Å². The maximum Gasteiger partial charge on any atom is 0.142 e. The quantitative estimate of drug-likeness (QED) is 0.656. The normalized spacial score (nSPS) is 11.8. The van der Waals surface area contributed by atoms with Crippen LogP contribution in [0.4, 0.5) is 4.39 Å². The molecule has 0 nitrogen and oxygen atoms in total. The van der Waals surface area contributed by atoms with Gasteiger partial charge in [0.1, 0.15) is 5.82 Å². The van der Waals surface area contributed by atoms with Crippen LogP contribution in [0.5, 0.6) is 0 Å². The van der Waals surface area contributed by atoms with E-state index in [1.54, 1.807) is 6.07 Å². The number of hydrogen-bond acceptors (Lipinski definition) is 0. The number of benzene rings is 1. The summed E-state index contributed by atoms with van der Waals surface area (Å²) < 4.78 is 12.9. The van der Waals surface area contributed by atoms with Crippen LogP contribution >= 0.6 is 23.2 Å². The minimum absolute atomic E-state index is 0.140. The zero-order chi connectivity index (χ0) is 9.84. The zero-order valence-electron chi connectivity index (χ0n) is 7.15. The Morgan fingerprint density at radius 2 is 2.23 bits per heavy atom. The van der Waals surface area contributed by atoms with E-state index in [1.165, 1.54) is 12.1 Å². The maximum atomic E-state index is 12.9. The summed E-state index contributed by atoms with van der Waals surface area (Å²) in [4.78, 5) is 0. The molecule has 1 rings (SSSR count). The van der Waals surface area contributed by atoms with Crippen molar-refractivity contribution in [1.82, 2.24) is 0 Å². The highest BCUT2D eigenvalue weighted by Crippen LogP contribution is 2.17. The molecule has 0 heterocycles. The minimum atomic E-state index is -0.405. The van der Waals surface area contributed by atoms with E-state index in [1.807, 2.05) is 13.0 Å². The van der Waals surface area contributed by atoms with Crippen LogP contribution in [0.2, 0.25) is 5.02 Å². The van der Waals surface area contributed by atoms with Gasteiger partial charge < -0.3 is 0 Å². The van der Waals surface area contributed by atoms with E-state index in [9.17, 15) is 4.39 Å². The molecule has 0 aliphatic heterocycles. The summed E-state index contributed by atoms with van der Waals surface area (Å²) >= 11 is 11.1. The topological polar surface area (TPSA) is 0 Å². The van der Waals surface area contributed by atoms with E-state index in [4.69, 9.17) is 23.2 Å². The summed E-state index contributed by atoms with van der Waals surface area (Å²) in [5.74, 6) is 0.0438. The van der Waals surface area contributed by atoms with E-state index in [0.29, 0.717) is 5.88 Å². The minimum Gasteiger partial charge on any atom is -0.205 e. The molecule has 0 fully saturated rings. The molecule has 13 heavy (non-hydrogen) atoms. The summed E-state index contributed by atoms with van der Waals surface area (Å²) in [5.41, 5.74) is 1.77. The van der Waals surface area contributed by atoms with Crippen molar-refractivity contribution < 1.29 is 4.39 Å². The fraction of sp³-hybridized carbons (Fsp3) is 0.200. The molecule has 0 amide bonds. The van der Waals surface area contributed by atoms with E-state index in [0.717, 1.165) is 11.1 Å². The molecule has 1 aromatic rings. The highest BCUT2D eigenvalue weighted by Gasteiger charge is 1.98. The lowest BCUT2D eigenvalue weighted by atomic mass is 10.1. The SMILES string of the molecule is C/C(=C/c1ccc(Cl)c(F)c1)CCl. The molecule has 0 unspecified atom stereocenters. The Labute approximate surface area is 87.0 Å². The van der Waals surface area contributed by atoms with Crippen LogP contribution in [-0.4, -0.2) is 5.88 Å². The number of rotatable bonds is 2. The van der Waals surface area contributed by atoms with Crippen LogP contribution in [0.15, 0.2) is 23.8 Å². The van der Waals surface area contributed by atoms with Crippen LogP contribution < -0.4 is 0 Å². The van der Waals surface area contributed by atoms with Crippen molar-refractivity contribution in [2.45, 2.75) is 6.92 Å². The van der Waals surface area contributed by atoms with Gasteiger partial charge in [-0.3, -0.25) is 0 Å². The Kier molecular flexibility index (Phi) is 3.76. The number of halogens is 3. The van der Waals surface area contributed by atoms with Crippen LogP contribution in [0.1, 0.15) is 12.5 Å². The summed E-state index contributed by atoms with van der Waals surface area (Å²) in [5, 5.41) is 0.140. The first-order valence-electron chi connectivity index (χ1n) is 3.81. The lowest BCUT2D eigenvalue weighted by molar-refractivity contribution is 0.628. The average molecular weight is 219 g/mol. The highest BCUT2D eigenvalue weighted by atomic mass is 35.5. The number of allylic oxidation sites excluding steroid dienone is 1. The monoisotopic (exact) mass is 218 g/mol. The summed E-state index contributed by atoms with van der Waals surface area (Å²) in [6, 6.07) is 4.67. The van der Waals surface area contributed by atoms with Crippen LogP contribution in [0.3, 0.4) is 0 Å². The molecule has 0 saturated carbocycles. The first-order chi connectivity index (χ1) is 6.13. The van der Waals surface area contributed by atoms with Crippen molar-refractivity contribution >= 4 is 29.3 Å². The molecule has 3 heteroatoms. The second-order valence-corrected chi connectivity index (χ2v) is 3.47. The zero-order valence-corrected chi connectivity index (χ0v) is 8.66. The number of alkyl halides is 1. The van der Waals surface area contributed by atoms with Gasteiger partial charge in [-0.1, -0.05) is 29.3 Å². The third-order valence-corrected chi connectivity index (χ3v) is 2.30. The van der Waals surface area contributed by atoms with Gasteiger partial charge in [-0.05, 0) is 24.6 Å². The average Bonchev–Trinajstić information content (AvgIpc) is 2.11. The summed E-state index contributed by atoms with van der Waals surface area (Å²) in [6.07, 6.45) is 1.83. The van der Waals surface area contributed by atoms with Crippen molar-refractivity contribution in [2.24, 2.45) is 0 Å². The van der Waals surface area contributed by atoms with Crippen LogP contribution in [0, 0.1) is 5.82 Å². The standard InChI is InChI=1S/C10H9Cl2F/c1-7(6-11)4-8-2-3-9(12)10(13)5-8/h2-5H,6H2,1H3/b7-4-. The van der Waals surface area contributed by atoms with Crippen molar-refractivity contribution in [3.8, 4) is 0 Å². The van der Waals surface area contributed by atoms with E-state index >= 15 is 0 Å². The fourth-order valence-electron chi connectivity index (χ4n) is 0.925. The van der Waals surface area contributed by atoms with Gasteiger partial charge in [0.25, 0.3) is 0 Å². The third kappa shape index (κ3) is 3.02. The first kappa shape index (κ1) is 10.6. The largest absolute Gasteiger partial charge is 0.205 e. The molecule has 0 aliphatic carbocycles. The Morgan fingerprint density at radius 3 is 2.77 bits per heavy atom. The van der Waals surface area contributed by atoms with Crippen molar-refractivity contribution in [3.05, 3.63) is 40.2 Å². The lowest BCUT2D eigenvalue weighted by Crippen LogP contribution is -1.81. The van der Waals surface area contributed by atoms with Crippen LogP contribution in [-0.2, 0) is 0 Å². The molecule has 1 aromatic carbocycles. The predicted molar refractivity (Wildman–Crippen MR) is 55.8 cm³/mol. The molecule has 70 valence electrons. The smallest absolute Gasteiger partial charge is 0.142 e. The number of hydrogen-bond donors (Lipinski definition) is 0. The molecule has 0 radical (unpaired) electrons. The second kappa shape index (κ2) is 4.64. The molecule has 0 N–H and O–H groups in total. The Hall–Kier alpha value is -0.530. The molecule has 0 spiro atoms. The molecule has 0 atom stereocenters. The highest BCUT2D eigenvalue weighted by molar-refractivity contribution is 6.30. The van der Waals surface area contributed by atoms with Gasteiger partial charge in [0.15, 0.2) is 0 Å². The lowest BCUT2D eigenvalue weighted by Gasteiger charge is -1.98. The molecular weight excluding hydrogens is 210 g/mol. The van der Waals surface area contributed by atoms with Crippen LogP contribution in [0.25, 0.3) is 6.08 Å². The molecule has 0 bridgehead atoms. The van der Waals surface area contributed by atoms with Crippen molar-refractivity contribution in [3.63, 3.8) is 0 Å². The second-order valence-electron chi connectivity index (χ2n) is 2.80. The van der Waals surface area contributed by atoms with E-state index in [2.05, 4.69) is 0 Å².